The molecule has 0 saturated heterocycles. The number of carbonyl (C=O) groups is 1. The molecule has 3 N–H and O–H groups in total. The summed E-state index contributed by atoms with van der Waals surface area (Å²) in [5.41, 5.74) is 0.807. The van der Waals surface area contributed by atoms with Gasteiger partial charge in [-0.25, -0.2) is 4.98 Å². The number of carboxylic acid groups (broad SMARTS) is 1. The molecule has 21 heavy (non-hydrogen) atoms. The van der Waals surface area contributed by atoms with Crippen LogP contribution in [-0.2, 0) is 11.3 Å². The molecule has 7 heteroatoms. The van der Waals surface area contributed by atoms with Gasteiger partial charge in [-0.15, -0.1) is 11.3 Å². The van der Waals surface area contributed by atoms with E-state index in [2.05, 4.69) is 15.3 Å². The van der Waals surface area contributed by atoms with Crippen LogP contribution in [0.3, 0.4) is 0 Å². The molecule has 1 aliphatic carbocycles. The fraction of sp³-hybridized carbons (Fsp3) is 0.500. The lowest BCUT2D eigenvalue weighted by Gasteiger charge is -2.12. The molecule has 1 aliphatic rings. The molecule has 0 aromatic carbocycles. The van der Waals surface area contributed by atoms with Crippen molar-refractivity contribution in [1.29, 1.82) is 0 Å². The zero-order chi connectivity index (χ0) is 15.1. The normalized spacial score (nSPS) is 16.3. The summed E-state index contributed by atoms with van der Waals surface area (Å²) >= 11 is 1.49. The number of carboxylic acids is 1. The molecule has 0 amide bonds. The number of aromatic amines is 1. The fourth-order valence-corrected chi connectivity index (χ4v) is 3.52. The highest BCUT2D eigenvalue weighted by molar-refractivity contribution is 7.18. The standard InChI is InChI=1S/C14H17N3O3S/c1-6-7(2)21-13-10(6)12(18)16-9(17-13)5-15-11(14(19)20)8-3-4-8/h8,11,15H,3-5H2,1-2H3,(H,19,20)(H,16,17,18). The molecule has 2 aromatic heterocycles. The quantitative estimate of drug-likeness (QED) is 0.779. The van der Waals surface area contributed by atoms with Gasteiger partial charge in [0.2, 0.25) is 0 Å². The van der Waals surface area contributed by atoms with Crippen molar-refractivity contribution in [2.75, 3.05) is 0 Å². The molecule has 0 spiro atoms. The largest absolute Gasteiger partial charge is 0.480 e. The van der Waals surface area contributed by atoms with Crippen LogP contribution < -0.4 is 10.9 Å². The van der Waals surface area contributed by atoms with Crippen molar-refractivity contribution >= 4 is 27.5 Å². The second-order valence-corrected chi connectivity index (χ2v) is 6.71. The first-order valence-corrected chi connectivity index (χ1v) is 7.74. The molecule has 0 radical (unpaired) electrons. The minimum absolute atomic E-state index is 0.156. The Hall–Kier alpha value is -1.73. The molecule has 2 heterocycles. The van der Waals surface area contributed by atoms with E-state index in [1.165, 1.54) is 11.3 Å². The lowest BCUT2D eigenvalue weighted by molar-refractivity contribution is -0.140. The van der Waals surface area contributed by atoms with Gasteiger partial charge in [0, 0.05) is 4.88 Å². The summed E-state index contributed by atoms with van der Waals surface area (Å²) in [6, 6.07) is -0.558. The summed E-state index contributed by atoms with van der Waals surface area (Å²) in [6.07, 6.45) is 1.88. The van der Waals surface area contributed by atoms with Crippen molar-refractivity contribution in [2.24, 2.45) is 5.92 Å². The van der Waals surface area contributed by atoms with Crippen molar-refractivity contribution in [3.63, 3.8) is 0 Å². The van der Waals surface area contributed by atoms with Gasteiger partial charge in [-0.1, -0.05) is 0 Å². The van der Waals surface area contributed by atoms with E-state index in [9.17, 15) is 14.7 Å². The van der Waals surface area contributed by atoms with Crippen molar-refractivity contribution in [2.45, 2.75) is 39.3 Å². The first-order valence-electron chi connectivity index (χ1n) is 6.92. The lowest BCUT2D eigenvalue weighted by Crippen LogP contribution is -2.38. The van der Waals surface area contributed by atoms with Gasteiger partial charge in [0.1, 0.15) is 16.7 Å². The van der Waals surface area contributed by atoms with Crippen LogP contribution in [0.1, 0.15) is 29.1 Å². The third-order valence-corrected chi connectivity index (χ3v) is 5.04. The number of hydrogen-bond acceptors (Lipinski definition) is 5. The second kappa shape index (κ2) is 5.23. The Bertz CT molecular complexity index is 761. The summed E-state index contributed by atoms with van der Waals surface area (Å²) in [5, 5.41) is 12.8. The molecule has 112 valence electrons. The molecule has 0 bridgehead atoms. The Morgan fingerprint density at radius 1 is 1.52 bits per heavy atom. The monoisotopic (exact) mass is 307 g/mol. The maximum Gasteiger partial charge on any atom is 0.320 e. The van der Waals surface area contributed by atoms with Crippen LogP contribution in [0.25, 0.3) is 10.2 Å². The van der Waals surface area contributed by atoms with Crippen LogP contribution in [0.4, 0.5) is 0 Å². The zero-order valence-corrected chi connectivity index (χ0v) is 12.7. The molecule has 3 rings (SSSR count). The van der Waals surface area contributed by atoms with E-state index in [1.807, 2.05) is 13.8 Å². The first-order chi connectivity index (χ1) is 9.97. The maximum atomic E-state index is 12.1. The van der Waals surface area contributed by atoms with E-state index in [-0.39, 0.29) is 18.0 Å². The number of aryl methyl sites for hydroxylation is 2. The highest BCUT2D eigenvalue weighted by atomic mass is 32.1. The van der Waals surface area contributed by atoms with Crippen molar-refractivity contribution in [1.82, 2.24) is 15.3 Å². The molecule has 1 saturated carbocycles. The van der Waals surface area contributed by atoms with Gasteiger partial charge in [0.25, 0.3) is 5.56 Å². The number of aromatic nitrogens is 2. The third kappa shape index (κ3) is 2.71. The van der Waals surface area contributed by atoms with Gasteiger partial charge in [-0.2, -0.15) is 0 Å². The topological polar surface area (TPSA) is 95.1 Å². The van der Waals surface area contributed by atoms with Crippen LogP contribution in [0.15, 0.2) is 4.79 Å². The summed E-state index contributed by atoms with van der Waals surface area (Å²) in [7, 11) is 0. The third-order valence-electron chi connectivity index (χ3n) is 3.94. The van der Waals surface area contributed by atoms with Crippen LogP contribution in [0.5, 0.6) is 0 Å². The number of rotatable bonds is 5. The van der Waals surface area contributed by atoms with Crippen LogP contribution in [0, 0.1) is 19.8 Å². The minimum atomic E-state index is -0.844. The molecule has 6 nitrogen and oxygen atoms in total. The smallest absolute Gasteiger partial charge is 0.320 e. The Morgan fingerprint density at radius 2 is 2.24 bits per heavy atom. The van der Waals surface area contributed by atoms with Gasteiger partial charge < -0.3 is 10.1 Å². The molecule has 0 aliphatic heterocycles. The van der Waals surface area contributed by atoms with Crippen molar-refractivity contribution < 1.29 is 9.90 Å². The van der Waals surface area contributed by atoms with E-state index >= 15 is 0 Å². The van der Waals surface area contributed by atoms with E-state index in [1.54, 1.807) is 0 Å². The Morgan fingerprint density at radius 3 is 2.86 bits per heavy atom. The minimum Gasteiger partial charge on any atom is -0.480 e. The number of hydrogen-bond donors (Lipinski definition) is 3. The van der Waals surface area contributed by atoms with E-state index in [0.717, 1.165) is 23.3 Å². The fourth-order valence-electron chi connectivity index (χ4n) is 2.47. The highest BCUT2D eigenvalue weighted by Crippen LogP contribution is 2.32. The highest BCUT2D eigenvalue weighted by Gasteiger charge is 2.35. The van der Waals surface area contributed by atoms with E-state index in [0.29, 0.717) is 16.0 Å². The van der Waals surface area contributed by atoms with Crippen LogP contribution >= 0.6 is 11.3 Å². The predicted octanol–water partition coefficient (Wildman–Crippen LogP) is 1.55. The average molecular weight is 307 g/mol. The molecule has 1 fully saturated rings. The van der Waals surface area contributed by atoms with Gasteiger partial charge in [-0.05, 0) is 38.2 Å². The lowest BCUT2D eigenvalue weighted by atomic mass is 10.2. The van der Waals surface area contributed by atoms with Crippen molar-refractivity contribution in [3.05, 3.63) is 26.6 Å². The summed E-state index contributed by atoms with van der Waals surface area (Å²) < 4.78 is 0. The van der Waals surface area contributed by atoms with E-state index < -0.39 is 12.0 Å². The number of nitrogens with one attached hydrogen (secondary N) is 2. The SMILES string of the molecule is Cc1sc2nc(CNC(C(=O)O)C3CC3)[nH]c(=O)c2c1C. The number of H-pyrrole nitrogens is 1. The number of nitrogens with zero attached hydrogens (tertiary/aromatic N) is 1. The molecular weight excluding hydrogens is 290 g/mol. The average Bonchev–Trinajstić information content (AvgIpc) is 3.17. The Labute approximate surface area is 125 Å². The molecule has 1 unspecified atom stereocenters. The molecule has 1 atom stereocenters. The van der Waals surface area contributed by atoms with E-state index in [4.69, 9.17) is 0 Å². The molecule has 2 aromatic rings. The number of fused-ring (bicyclic) bond motifs is 1. The van der Waals surface area contributed by atoms with Crippen LogP contribution in [-0.4, -0.2) is 27.1 Å². The summed E-state index contributed by atoms with van der Waals surface area (Å²) in [4.78, 5) is 32.3. The van der Waals surface area contributed by atoms with Gasteiger partial charge >= 0.3 is 5.97 Å². The number of aliphatic carboxylic acids is 1. The molecular formula is C14H17N3O3S. The summed E-state index contributed by atoms with van der Waals surface area (Å²) in [5.74, 6) is -0.159. The zero-order valence-electron chi connectivity index (χ0n) is 11.9. The Kier molecular flexibility index (Phi) is 3.54. The predicted molar refractivity (Wildman–Crippen MR) is 80.7 cm³/mol. The second-order valence-electron chi connectivity index (χ2n) is 5.51. The van der Waals surface area contributed by atoms with Gasteiger partial charge in [0.15, 0.2) is 0 Å². The first kappa shape index (κ1) is 14.2. The number of thiophene rings is 1. The maximum absolute atomic E-state index is 12.1. The van der Waals surface area contributed by atoms with Gasteiger partial charge in [0.05, 0.1) is 11.9 Å². The van der Waals surface area contributed by atoms with Gasteiger partial charge in [-0.3, -0.25) is 14.9 Å². The van der Waals surface area contributed by atoms with Crippen LogP contribution in [0.2, 0.25) is 0 Å². The Balaban J connectivity index is 1.84. The van der Waals surface area contributed by atoms with Crippen molar-refractivity contribution in [3.8, 4) is 0 Å². The summed E-state index contributed by atoms with van der Waals surface area (Å²) in [6.45, 7) is 4.14.